The lowest BCUT2D eigenvalue weighted by Gasteiger charge is -2.13. The number of ether oxygens (including phenoxy) is 1. The largest absolute Gasteiger partial charge is 0.442 e. The summed E-state index contributed by atoms with van der Waals surface area (Å²) in [6, 6.07) is 18.0. The normalized spacial score (nSPS) is 16.9. The maximum absolute atomic E-state index is 12.4. The van der Waals surface area contributed by atoms with E-state index in [1.54, 1.807) is 11.1 Å². The van der Waals surface area contributed by atoms with Gasteiger partial charge in [0.2, 0.25) is 0 Å². The van der Waals surface area contributed by atoms with Crippen LogP contribution in [0.4, 0.5) is 10.6 Å². The summed E-state index contributed by atoms with van der Waals surface area (Å²) >= 11 is 7.14. The van der Waals surface area contributed by atoms with Gasteiger partial charge in [0.1, 0.15) is 11.9 Å². The minimum absolute atomic E-state index is 0.249. The molecule has 140 valence electrons. The Balaban J connectivity index is 1.54. The number of cyclic esters (lactones) is 1. The van der Waals surface area contributed by atoms with Gasteiger partial charge >= 0.3 is 6.09 Å². The lowest BCUT2D eigenvalue weighted by molar-refractivity contribution is 0.133. The highest BCUT2D eigenvalue weighted by Crippen LogP contribution is 2.34. The summed E-state index contributed by atoms with van der Waals surface area (Å²) in [5.41, 5.74) is 2.23. The number of pyridine rings is 1. The second-order valence-electron chi connectivity index (χ2n) is 6.74. The van der Waals surface area contributed by atoms with Crippen LogP contribution in [-0.2, 0) is 11.3 Å². The fourth-order valence-corrected chi connectivity index (χ4v) is 4.49. The Kier molecular flexibility index (Phi) is 4.36. The molecule has 5 nitrogen and oxygen atoms in total. The maximum Gasteiger partial charge on any atom is 0.416 e. The average Bonchev–Trinajstić information content (AvgIpc) is 3.20. The van der Waals surface area contributed by atoms with Crippen molar-refractivity contribution < 1.29 is 9.53 Å². The molecule has 1 saturated heterocycles. The number of aromatic nitrogens is 2. The predicted octanol–water partition coefficient (Wildman–Crippen LogP) is 5.74. The van der Waals surface area contributed by atoms with Gasteiger partial charge in [-0.25, -0.2) is 9.78 Å². The van der Waals surface area contributed by atoms with E-state index in [1.165, 1.54) is 0 Å². The number of anilines is 1. The number of amides is 1. The smallest absolute Gasteiger partial charge is 0.416 e. The third-order valence-corrected chi connectivity index (χ3v) is 5.96. The van der Waals surface area contributed by atoms with E-state index in [2.05, 4.69) is 65.7 Å². The van der Waals surface area contributed by atoms with Crippen LogP contribution >= 0.6 is 31.9 Å². The van der Waals surface area contributed by atoms with E-state index in [0.29, 0.717) is 18.9 Å². The third kappa shape index (κ3) is 2.99. The summed E-state index contributed by atoms with van der Waals surface area (Å²) in [5.74, 6) is 0.616. The van der Waals surface area contributed by atoms with Crippen LogP contribution in [0.5, 0.6) is 0 Å². The number of hydrogen-bond acceptors (Lipinski definition) is 3. The van der Waals surface area contributed by atoms with E-state index in [0.717, 1.165) is 30.8 Å². The van der Waals surface area contributed by atoms with Crippen molar-refractivity contribution >= 4 is 65.6 Å². The lowest BCUT2D eigenvalue weighted by atomic mass is 10.2. The standard InChI is InChI=1S/C21H15Br2N3O2/c22-13-4-6-18-16(9-13)17-10-14(23)5-7-19(17)25(18)11-15-12-26(21(27)28-15)20-3-1-2-8-24-20/h1-10,15H,11-12H2. The van der Waals surface area contributed by atoms with Crippen molar-refractivity contribution in [3.63, 3.8) is 0 Å². The first kappa shape index (κ1) is 17.7. The highest BCUT2D eigenvalue weighted by molar-refractivity contribution is 9.10. The van der Waals surface area contributed by atoms with Gasteiger partial charge in [-0.3, -0.25) is 4.90 Å². The van der Waals surface area contributed by atoms with Crippen molar-refractivity contribution in [3.8, 4) is 0 Å². The minimum Gasteiger partial charge on any atom is -0.442 e. The van der Waals surface area contributed by atoms with Crippen LogP contribution in [0.3, 0.4) is 0 Å². The molecule has 2 aromatic carbocycles. The van der Waals surface area contributed by atoms with Crippen LogP contribution in [0.2, 0.25) is 0 Å². The van der Waals surface area contributed by atoms with E-state index in [4.69, 9.17) is 4.74 Å². The first-order chi connectivity index (χ1) is 13.6. The number of hydrogen-bond donors (Lipinski definition) is 0. The van der Waals surface area contributed by atoms with Crippen molar-refractivity contribution in [2.45, 2.75) is 12.6 Å². The van der Waals surface area contributed by atoms with Gasteiger partial charge in [-0.1, -0.05) is 37.9 Å². The van der Waals surface area contributed by atoms with Crippen LogP contribution < -0.4 is 4.90 Å². The summed E-state index contributed by atoms with van der Waals surface area (Å²) in [4.78, 5) is 18.2. The van der Waals surface area contributed by atoms with Gasteiger partial charge in [-0.2, -0.15) is 0 Å². The quantitative estimate of drug-likeness (QED) is 0.360. The van der Waals surface area contributed by atoms with Crippen LogP contribution in [-0.4, -0.2) is 28.3 Å². The van der Waals surface area contributed by atoms with Gasteiger partial charge in [0, 0.05) is 36.9 Å². The molecule has 1 atom stereocenters. The first-order valence-electron chi connectivity index (χ1n) is 8.86. The third-order valence-electron chi connectivity index (χ3n) is 4.98. The number of benzene rings is 2. The molecule has 28 heavy (non-hydrogen) atoms. The summed E-state index contributed by atoms with van der Waals surface area (Å²) in [6.07, 6.45) is 1.08. The molecule has 0 aliphatic carbocycles. The van der Waals surface area contributed by atoms with Crippen molar-refractivity contribution in [1.82, 2.24) is 9.55 Å². The summed E-state index contributed by atoms with van der Waals surface area (Å²) in [7, 11) is 0. The lowest BCUT2D eigenvalue weighted by Crippen LogP contribution is -2.26. The van der Waals surface area contributed by atoms with E-state index in [1.807, 2.05) is 30.3 Å². The molecule has 2 aromatic heterocycles. The van der Waals surface area contributed by atoms with Gasteiger partial charge in [0.15, 0.2) is 0 Å². The zero-order chi connectivity index (χ0) is 19.3. The number of fused-ring (bicyclic) bond motifs is 3. The first-order valence-corrected chi connectivity index (χ1v) is 10.4. The molecule has 0 N–H and O–H groups in total. The second kappa shape index (κ2) is 6.90. The molecule has 1 aliphatic heterocycles. The number of carbonyl (C=O) groups is 1. The summed E-state index contributed by atoms with van der Waals surface area (Å²) in [5, 5.41) is 2.33. The molecule has 4 aromatic rings. The van der Waals surface area contributed by atoms with Crippen molar-refractivity contribution in [2.24, 2.45) is 0 Å². The molecule has 7 heteroatoms. The molecule has 1 unspecified atom stereocenters. The predicted molar refractivity (Wildman–Crippen MR) is 117 cm³/mol. The molecule has 0 radical (unpaired) electrons. The minimum atomic E-state index is -0.352. The van der Waals surface area contributed by atoms with Gasteiger partial charge < -0.3 is 9.30 Å². The van der Waals surface area contributed by atoms with Crippen LogP contribution in [0.1, 0.15) is 0 Å². The molecular weight excluding hydrogens is 486 g/mol. The fraction of sp³-hybridized carbons (Fsp3) is 0.143. The van der Waals surface area contributed by atoms with E-state index in [-0.39, 0.29) is 12.2 Å². The number of carbonyl (C=O) groups excluding carboxylic acids is 1. The van der Waals surface area contributed by atoms with E-state index < -0.39 is 0 Å². The Labute approximate surface area is 178 Å². The second-order valence-corrected chi connectivity index (χ2v) is 8.57. The average molecular weight is 501 g/mol. The Bertz CT molecular complexity index is 1150. The molecule has 0 saturated carbocycles. The van der Waals surface area contributed by atoms with Crippen molar-refractivity contribution in [3.05, 3.63) is 69.7 Å². The molecule has 1 amide bonds. The summed E-state index contributed by atoms with van der Waals surface area (Å²) in [6.45, 7) is 1.06. The SMILES string of the molecule is O=C1OC(Cn2c3ccc(Br)cc3c3cc(Br)ccc32)CN1c1ccccn1. The Morgan fingerprint density at radius 3 is 2.29 bits per heavy atom. The molecule has 5 rings (SSSR count). The topological polar surface area (TPSA) is 47.4 Å². The molecule has 3 heterocycles. The number of rotatable bonds is 3. The van der Waals surface area contributed by atoms with Gasteiger partial charge in [0.05, 0.1) is 13.1 Å². The van der Waals surface area contributed by atoms with Crippen molar-refractivity contribution in [1.29, 1.82) is 0 Å². The fourth-order valence-electron chi connectivity index (χ4n) is 3.77. The molecular formula is C21H15Br2N3O2. The zero-order valence-corrected chi connectivity index (χ0v) is 17.9. The van der Waals surface area contributed by atoms with Crippen LogP contribution in [0, 0.1) is 0 Å². The molecule has 0 bridgehead atoms. The number of halogens is 2. The molecule has 1 aliphatic rings. The van der Waals surface area contributed by atoms with Crippen molar-refractivity contribution in [2.75, 3.05) is 11.4 Å². The van der Waals surface area contributed by atoms with Crippen LogP contribution in [0.15, 0.2) is 69.7 Å². The van der Waals surface area contributed by atoms with Gasteiger partial charge in [0.25, 0.3) is 0 Å². The van der Waals surface area contributed by atoms with Crippen LogP contribution in [0.25, 0.3) is 21.8 Å². The maximum atomic E-state index is 12.4. The monoisotopic (exact) mass is 499 g/mol. The Morgan fingerprint density at radius 1 is 1.00 bits per heavy atom. The zero-order valence-electron chi connectivity index (χ0n) is 14.7. The highest BCUT2D eigenvalue weighted by Gasteiger charge is 2.33. The van der Waals surface area contributed by atoms with E-state index in [9.17, 15) is 4.79 Å². The molecule has 0 spiro atoms. The van der Waals surface area contributed by atoms with E-state index >= 15 is 0 Å². The summed E-state index contributed by atoms with van der Waals surface area (Å²) < 4.78 is 9.95. The highest BCUT2D eigenvalue weighted by atomic mass is 79.9. The Hall–Kier alpha value is -2.38. The number of nitrogens with zero attached hydrogens (tertiary/aromatic N) is 3. The van der Waals surface area contributed by atoms with Gasteiger partial charge in [-0.05, 0) is 48.5 Å². The van der Waals surface area contributed by atoms with Gasteiger partial charge in [-0.15, -0.1) is 0 Å². The molecule has 1 fully saturated rings. The Morgan fingerprint density at radius 2 is 1.68 bits per heavy atom.